The lowest BCUT2D eigenvalue weighted by molar-refractivity contribution is -0.0105. The molecular formula is C16H25NO. The normalized spacial score (nSPS) is 28.2. The number of aliphatic hydroxyl groups is 1. The molecule has 2 N–H and O–H groups in total. The van der Waals surface area contributed by atoms with Crippen molar-refractivity contribution in [1.29, 1.82) is 0 Å². The van der Waals surface area contributed by atoms with Crippen LogP contribution < -0.4 is 5.32 Å². The smallest absolute Gasteiger partial charge is 0.0652 e. The summed E-state index contributed by atoms with van der Waals surface area (Å²) in [4.78, 5) is 0. The first-order chi connectivity index (χ1) is 8.72. The van der Waals surface area contributed by atoms with Crippen molar-refractivity contribution in [1.82, 2.24) is 5.32 Å². The zero-order valence-corrected chi connectivity index (χ0v) is 11.4. The van der Waals surface area contributed by atoms with Crippen LogP contribution in [0.5, 0.6) is 0 Å². The first-order valence-corrected chi connectivity index (χ1v) is 7.21. The number of rotatable bonds is 5. The average molecular weight is 247 g/mol. The summed E-state index contributed by atoms with van der Waals surface area (Å²) < 4.78 is 0. The summed E-state index contributed by atoms with van der Waals surface area (Å²) in [7, 11) is 0. The highest BCUT2D eigenvalue weighted by molar-refractivity contribution is 5.15. The summed E-state index contributed by atoms with van der Waals surface area (Å²) >= 11 is 0. The molecule has 0 amide bonds. The summed E-state index contributed by atoms with van der Waals surface area (Å²) in [5.74, 6) is 0. The van der Waals surface area contributed by atoms with Crippen LogP contribution in [0.2, 0.25) is 0 Å². The molecule has 0 unspecified atom stereocenters. The van der Waals surface area contributed by atoms with Gasteiger partial charge in [0.25, 0.3) is 0 Å². The minimum absolute atomic E-state index is 0.429. The fraction of sp³-hybridized carbons (Fsp3) is 0.625. The lowest BCUT2D eigenvalue weighted by Gasteiger charge is -2.36. The van der Waals surface area contributed by atoms with Crippen molar-refractivity contribution in [2.45, 2.75) is 57.1 Å². The zero-order chi connectivity index (χ0) is 12.8. The lowest BCUT2D eigenvalue weighted by Crippen LogP contribution is -2.41. The van der Waals surface area contributed by atoms with Gasteiger partial charge in [0.1, 0.15) is 0 Å². The van der Waals surface area contributed by atoms with Crippen LogP contribution >= 0.6 is 0 Å². The number of hydrogen-bond donors (Lipinski definition) is 2. The molecule has 0 atom stereocenters. The Morgan fingerprint density at radius 3 is 2.50 bits per heavy atom. The van der Waals surface area contributed by atoms with E-state index in [1.54, 1.807) is 0 Å². The Balaban J connectivity index is 1.79. The number of hydrogen-bond acceptors (Lipinski definition) is 2. The van der Waals surface area contributed by atoms with Crippen LogP contribution in [0, 0.1) is 0 Å². The van der Waals surface area contributed by atoms with Gasteiger partial charge in [-0.2, -0.15) is 0 Å². The molecule has 2 heteroatoms. The van der Waals surface area contributed by atoms with Crippen LogP contribution in [0.25, 0.3) is 0 Å². The molecule has 18 heavy (non-hydrogen) atoms. The molecule has 0 spiro atoms. The molecule has 1 aliphatic rings. The van der Waals surface area contributed by atoms with Crippen molar-refractivity contribution in [2.75, 3.05) is 6.54 Å². The molecule has 0 heterocycles. The molecule has 1 aliphatic carbocycles. The Morgan fingerprint density at radius 1 is 1.22 bits per heavy atom. The van der Waals surface area contributed by atoms with Gasteiger partial charge >= 0.3 is 0 Å². The van der Waals surface area contributed by atoms with Crippen LogP contribution in [0.3, 0.4) is 0 Å². The van der Waals surface area contributed by atoms with Crippen LogP contribution in [0.4, 0.5) is 0 Å². The van der Waals surface area contributed by atoms with Crippen molar-refractivity contribution in [3.63, 3.8) is 0 Å². The molecule has 0 radical (unpaired) electrons. The Morgan fingerprint density at radius 2 is 1.89 bits per heavy atom. The highest BCUT2D eigenvalue weighted by atomic mass is 16.3. The first kappa shape index (κ1) is 13.6. The Labute approximate surface area is 110 Å². The third kappa shape index (κ3) is 3.82. The van der Waals surface area contributed by atoms with Gasteiger partial charge in [-0.25, -0.2) is 0 Å². The van der Waals surface area contributed by atoms with Crippen molar-refractivity contribution in [3.05, 3.63) is 35.9 Å². The van der Waals surface area contributed by atoms with Crippen LogP contribution in [-0.2, 0) is 6.42 Å². The summed E-state index contributed by atoms with van der Waals surface area (Å²) in [6, 6.07) is 11.1. The SMILES string of the molecule is CCNC1CCC(O)(CCc2ccccc2)CC1. The minimum atomic E-state index is -0.429. The largest absolute Gasteiger partial charge is 0.390 e. The number of aryl methyl sites for hydroxylation is 1. The standard InChI is InChI=1S/C16H25NO/c1-2-17-15-9-12-16(18,13-10-15)11-8-14-6-4-3-5-7-14/h3-7,15,17-18H,2,8-13H2,1H3. The topological polar surface area (TPSA) is 32.3 Å². The van der Waals surface area contributed by atoms with E-state index in [2.05, 4.69) is 36.5 Å². The van der Waals surface area contributed by atoms with E-state index >= 15 is 0 Å². The van der Waals surface area contributed by atoms with Crippen molar-refractivity contribution < 1.29 is 5.11 Å². The van der Waals surface area contributed by atoms with E-state index in [-0.39, 0.29) is 0 Å². The van der Waals surface area contributed by atoms with Crippen LogP contribution in [0.15, 0.2) is 30.3 Å². The molecule has 1 aromatic rings. The van der Waals surface area contributed by atoms with Crippen molar-refractivity contribution in [3.8, 4) is 0 Å². The molecule has 1 saturated carbocycles. The van der Waals surface area contributed by atoms with Gasteiger partial charge in [0, 0.05) is 6.04 Å². The first-order valence-electron chi connectivity index (χ1n) is 7.21. The van der Waals surface area contributed by atoms with Gasteiger partial charge in [-0.1, -0.05) is 37.3 Å². The van der Waals surface area contributed by atoms with Crippen LogP contribution in [-0.4, -0.2) is 23.3 Å². The maximum atomic E-state index is 10.6. The second-order valence-electron chi connectivity index (χ2n) is 5.54. The molecule has 1 aromatic carbocycles. The van der Waals surface area contributed by atoms with Crippen molar-refractivity contribution in [2.24, 2.45) is 0 Å². The minimum Gasteiger partial charge on any atom is -0.390 e. The second kappa shape index (κ2) is 6.35. The molecule has 2 rings (SSSR count). The Kier molecular flexibility index (Phi) is 4.79. The van der Waals surface area contributed by atoms with E-state index in [1.165, 1.54) is 5.56 Å². The van der Waals surface area contributed by atoms with Gasteiger partial charge in [0.15, 0.2) is 0 Å². The zero-order valence-electron chi connectivity index (χ0n) is 11.4. The number of benzene rings is 1. The van der Waals surface area contributed by atoms with Gasteiger partial charge < -0.3 is 10.4 Å². The van der Waals surface area contributed by atoms with Crippen molar-refractivity contribution >= 4 is 0 Å². The molecule has 1 fully saturated rings. The maximum Gasteiger partial charge on any atom is 0.0652 e. The molecule has 100 valence electrons. The van der Waals surface area contributed by atoms with Gasteiger partial charge in [-0.15, -0.1) is 0 Å². The highest BCUT2D eigenvalue weighted by Crippen LogP contribution is 2.32. The predicted molar refractivity (Wildman–Crippen MR) is 75.6 cm³/mol. The second-order valence-corrected chi connectivity index (χ2v) is 5.54. The van der Waals surface area contributed by atoms with Gasteiger partial charge in [0.2, 0.25) is 0 Å². The Bertz CT molecular complexity index is 341. The molecule has 0 bridgehead atoms. The fourth-order valence-electron chi connectivity index (χ4n) is 2.92. The van der Waals surface area contributed by atoms with Gasteiger partial charge in [0.05, 0.1) is 5.60 Å². The van der Waals surface area contributed by atoms with E-state index < -0.39 is 5.60 Å². The van der Waals surface area contributed by atoms with Gasteiger partial charge in [-0.05, 0) is 50.6 Å². The quantitative estimate of drug-likeness (QED) is 0.838. The van der Waals surface area contributed by atoms with Gasteiger partial charge in [-0.3, -0.25) is 0 Å². The number of nitrogens with one attached hydrogen (secondary N) is 1. The summed E-state index contributed by atoms with van der Waals surface area (Å²) in [6.07, 6.45) is 5.99. The fourth-order valence-corrected chi connectivity index (χ4v) is 2.92. The Hall–Kier alpha value is -0.860. The molecule has 0 saturated heterocycles. The van der Waals surface area contributed by atoms with E-state index in [9.17, 15) is 5.11 Å². The third-order valence-electron chi connectivity index (χ3n) is 4.13. The summed E-state index contributed by atoms with van der Waals surface area (Å²) in [5, 5.41) is 14.1. The summed E-state index contributed by atoms with van der Waals surface area (Å²) in [5.41, 5.74) is 0.904. The van der Waals surface area contributed by atoms with E-state index in [0.717, 1.165) is 45.1 Å². The predicted octanol–water partition coefficient (Wildman–Crippen LogP) is 2.90. The molecular weight excluding hydrogens is 222 g/mol. The molecule has 0 aromatic heterocycles. The summed E-state index contributed by atoms with van der Waals surface area (Å²) in [6.45, 7) is 3.18. The highest BCUT2D eigenvalue weighted by Gasteiger charge is 2.32. The molecule has 0 aliphatic heterocycles. The lowest BCUT2D eigenvalue weighted by atomic mass is 9.79. The van der Waals surface area contributed by atoms with E-state index in [0.29, 0.717) is 6.04 Å². The maximum absolute atomic E-state index is 10.6. The van der Waals surface area contributed by atoms with E-state index in [4.69, 9.17) is 0 Å². The molecule has 2 nitrogen and oxygen atoms in total. The third-order valence-corrected chi connectivity index (χ3v) is 4.13. The van der Waals surface area contributed by atoms with E-state index in [1.807, 2.05) is 6.07 Å². The average Bonchev–Trinajstić information content (AvgIpc) is 2.41. The van der Waals surface area contributed by atoms with Crippen LogP contribution in [0.1, 0.15) is 44.6 Å². The monoisotopic (exact) mass is 247 g/mol.